The van der Waals surface area contributed by atoms with Gasteiger partial charge >= 0.3 is 0 Å². The summed E-state index contributed by atoms with van der Waals surface area (Å²) < 4.78 is 10.4. The first kappa shape index (κ1) is 15.6. The molecule has 2 rings (SSSR count). The minimum absolute atomic E-state index is 0.0891. The topological polar surface area (TPSA) is 68.3 Å². The number of nitrogens with zero attached hydrogens (tertiary/aromatic N) is 1. The molecule has 1 N–H and O–H groups in total. The Labute approximate surface area is 129 Å². The third-order valence-electron chi connectivity index (χ3n) is 2.87. The first-order chi connectivity index (χ1) is 10.7. The van der Waals surface area contributed by atoms with Crippen LogP contribution in [0.2, 0.25) is 0 Å². The van der Waals surface area contributed by atoms with Gasteiger partial charge in [-0.25, -0.2) is 0 Å². The van der Waals surface area contributed by atoms with Gasteiger partial charge in [0.1, 0.15) is 5.69 Å². The van der Waals surface area contributed by atoms with E-state index in [0.717, 1.165) is 5.57 Å². The highest BCUT2D eigenvalue weighted by Crippen LogP contribution is 2.20. The quantitative estimate of drug-likeness (QED) is 0.792. The molecular formula is C17H18N2O3. The number of carbonyl (C=O) groups excluding carboxylic acids is 1. The fourth-order valence-corrected chi connectivity index (χ4v) is 1.91. The molecule has 0 aliphatic rings. The van der Waals surface area contributed by atoms with Crippen molar-refractivity contribution in [3.8, 4) is 11.5 Å². The standard InChI is InChI=1S/C17H18N2O3/c1-3-6-13(7-4-2)10-17(20)18-12-14-11-16(22-19-14)15-8-5-9-21-15/h3-9,11H,1,10,12H2,2H3,(H,18,20)/b7-4-,13-6+. The summed E-state index contributed by atoms with van der Waals surface area (Å²) in [7, 11) is 0. The van der Waals surface area contributed by atoms with Crippen LogP contribution in [0.5, 0.6) is 0 Å². The first-order valence-electron chi connectivity index (χ1n) is 6.93. The van der Waals surface area contributed by atoms with Crippen LogP contribution in [0.15, 0.2) is 69.9 Å². The Kier molecular flexibility index (Phi) is 5.54. The average Bonchev–Trinajstić information content (AvgIpc) is 3.17. The van der Waals surface area contributed by atoms with Crippen LogP contribution in [0.3, 0.4) is 0 Å². The number of carbonyl (C=O) groups is 1. The molecule has 2 heterocycles. The molecule has 114 valence electrons. The largest absolute Gasteiger partial charge is 0.461 e. The summed E-state index contributed by atoms with van der Waals surface area (Å²) in [5.41, 5.74) is 1.53. The van der Waals surface area contributed by atoms with E-state index in [4.69, 9.17) is 8.94 Å². The summed E-state index contributed by atoms with van der Waals surface area (Å²) in [5.74, 6) is 1.05. The van der Waals surface area contributed by atoms with Crippen molar-refractivity contribution in [2.24, 2.45) is 0 Å². The van der Waals surface area contributed by atoms with Gasteiger partial charge in [-0.3, -0.25) is 4.79 Å². The van der Waals surface area contributed by atoms with Gasteiger partial charge in [0.2, 0.25) is 11.7 Å². The molecule has 0 bridgehead atoms. The number of hydrogen-bond donors (Lipinski definition) is 1. The number of amides is 1. The Balaban J connectivity index is 1.89. The summed E-state index contributed by atoms with van der Waals surface area (Å²) in [5, 5.41) is 6.71. The molecule has 0 unspecified atom stereocenters. The molecule has 5 heteroatoms. The van der Waals surface area contributed by atoms with Gasteiger partial charge in [-0.15, -0.1) is 0 Å². The van der Waals surface area contributed by atoms with Gasteiger partial charge in [-0.05, 0) is 24.6 Å². The highest BCUT2D eigenvalue weighted by Gasteiger charge is 2.10. The molecular weight excluding hydrogens is 280 g/mol. The highest BCUT2D eigenvalue weighted by atomic mass is 16.5. The van der Waals surface area contributed by atoms with Crippen molar-refractivity contribution < 1.29 is 13.7 Å². The summed E-state index contributed by atoms with van der Waals surface area (Å²) in [6.07, 6.45) is 9.09. The normalized spacial score (nSPS) is 11.8. The number of aromatic nitrogens is 1. The van der Waals surface area contributed by atoms with Crippen LogP contribution in [0.1, 0.15) is 19.0 Å². The minimum Gasteiger partial charge on any atom is -0.461 e. The highest BCUT2D eigenvalue weighted by molar-refractivity contribution is 5.79. The number of allylic oxidation sites excluding steroid dienone is 4. The molecule has 0 saturated carbocycles. The Bertz CT molecular complexity index is 679. The van der Waals surface area contributed by atoms with Crippen LogP contribution in [-0.4, -0.2) is 11.1 Å². The maximum Gasteiger partial charge on any atom is 0.224 e. The van der Waals surface area contributed by atoms with Crippen LogP contribution < -0.4 is 5.32 Å². The van der Waals surface area contributed by atoms with Gasteiger partial charge in [0.05, 0.1) is 19.2 Å². The van der Waals surface area contributed by atoms with Crippen LogP contribution >= 0.6 is 0 Å². The number of hydrogen-bond acceptors (Lipinski definition) is 4. The summed E-state index contributed by atoms with van der Waals surface area (Å²) in [6, 6.07) is 5.30. The van der Waals surface area contributed by atoms with Crippen molar-refractivity contribution in [3.63, 3.8) is 0 Å². The van der Waals surface area contributed by atoms with Crippen molar-refractivity contribution >= 4 is 5.91 Å². The van der Waals surface area contributed by atoms with E-state index in [1.807, 2.05) is 25.2 Å². The SMILES string of the molecule is C=C/C=C(\C=C/C)CC(=O)NCc1cc(-c2ccco2)on1. The summed E-state index contributed by atoms with van der Waals surface area (Å²) in [6.45, 7) is 5.85. The molecule has 0 spiro atoms. The zero-order chi connectivity index (χ0) is 15.8. The Hall–Kier alpha value is -2.82. The van der Waals surface area contributed by atoms with Crippen molar-refractivity contribution in [1.29, 1.82) is 0 Å². The molecule has 0 atom stereocenters. The van der Waals surface area contributed by atoms with E-state index in [-0.39, 0.29) is 5.91 Å². The fourth-order valence-electron chi connectivity index (χ4n) is 1.91. The zero-order valence-corrected chi connectivity index (χ0v) is 12.4. The maximum absolute atomic E-state index is 11.9. The van der Waals surface area contributed by atoms with E-state index in [2.05, 4.69) is 17.1 Å². The monoisotopic (exact) mass is 298 g/mol. The van der Waals surface area contributed by atoms with Gasteiger partial charge in [0.25, 0.3) is 0 Å². The van der Waals surface area contributed by atoms with Crippen LogP contribution in [0.4, 0.5) is 0 Å². The second kappa shape index (κ2) is 7.83. The van der Waals surface area contributed by atoms with Crippen LogP contribution in [0, 0.1) is 0 Å². The number of furan rings is 1. The number of rotatable bonds is 7. The Morgan fingerprint density at radius 2 is 2.32 bits per heavy atom. The van der Waals surface area contributed by atoms with Crippen molar-refractivity contribution in [1.82, 2.24) is 10.5 Å². The third-order valence-corrected chi connectivity index (χ3v) is 2.87. The van der Waals surface area contributed by atoms with E-state index in [9.17, 15) is 4.79 Å². The second-order valence-corrected chi connectivity index (χ2v) is 4.59. The molecule has 0 radical (unpaired) electrons. The lowest BCUT2D eigenvalue weighted by atomic mass is 10.1. The predicted octanol–water partition coefficient (Wildman–Crippen LogP) is 3.63. The molecule has 0 aliphatic carbocycles. The third kappa shape index (κ3) is 4.34. The van der Waals surface area contributed by atoms with E-state index in [0.29, 0.717) is 30.2 Å². The lowest BCUT2D eigenvalue weighted by Crippen LogP contribution is -2.22. The smallest absolute Gasteiger partial charge is 0.224 e. The summed E-state index contributed by atoms with van der Waals surface area (Å²) in [4.78, 5) is 11.9. The van der Waals surface area contributed by atoms with Gasteiger partial charge < -0.3 is 14.3 Å². The maximum atomic E-state index is 11.9. The molecule has 2 aromatic heterocycles. The van der Waals surface area contributed by atoms with Crippen LogP contribution in [-0.2, 0) is 11.3 Å². The average molecular weight is 298 g/mol. The lowest BCUT2D eigenvalue weighted by Gasteiger charge is -2.03. The van der Waals surface area contributed by atoms with E-state index in [1.165, 1.54) is 0 Å². The molecule has 5 nitrogen and oxygen atoms in total. The van der Waals surface area contributed by atoms with Gasteiger partial charge in [-0.2, -0.15) is 0 Å². The molecule has 0 aromatic carbocycles. The molecule has 0 saturated heterocycles. The Morgan fingerprint density at radius 3 is 3.00 bits per heavy atom. The van der Waals surface area contributed by atoms with Crippen molar-refractivity contribution in [2.45, 2.75) is 19.9 Å². The molecule has 0 aliphatic heterocycles. The van der Waals surface area contributed by atoms with E-state index >= 15 is 0 Å². The van der Waals surface area contributed by atoms with E-state index < -0.39 is 0 Å². The summed E-state index contributed by atoms with van der Waals surface area (Å²) >= 11 is 0. The molecule has 2 aromatic rings. The van der Waals surface area contributed by atoms with E-state index in [1.54, 1.807) is 30.5 Å². The van der Waals surface area contributed by atoms with Gasteiger partial charge in [-0.1, -0.05) is 36.0 Å². The minimum atomic E-state index is -0.0891. The molecule has 22 heavy (non-hydrogen) atoms. The fraction of sp³-hybridized carbons (Fsp3) is 0.176. The predicted molar refractivity (Wildman–Crippen MR) is 83.8 cm³/mol. The lowest BCUT2D eigenvalue weighted by molar-refractivity contribution is -0.120. The molecule has 1 amide bonds. The second-order valence-electron chi connectivity index (χ2n) is 4.59. The van der Waals surface area contributed by atoms with Gasteiger partial charge in [0, 0.05) is 6.07 Å². The zero-order valence-electron chi connectivity index (χ0n) is 12.4. The van der Waals surface area contributed by atoms with Gasteiger partial charge in [0.15, 0.2) is 5.76 Å². The van der Waals surface area contributed by atoms with Crippen molar-refractivity contribution in [3.05, 3.63) is 66.6 Å². The number of nitrogens with one attached hydrogen (secondary N) is 1. The molecule has 0 fully saturated rings. The van der Waals surface area contributed by atoms with Crippen LogP contribution in [0.25, 0.3) is 11.5 Å². The van der Waals surface area contributed by atoms with Crippen molar-refractivity contribution in [2.75, 3.05) is 0 Å². The Morgan fingerprint density at radius 1 is 1.45 bits per heavy atom. The first-order valence-corrected chi connectivity index (χ1v) is 6.93.